The maximum Gasteiger partial charge on any atom is 0.118 e. The fourth-order valence-electron chi connectivity index (χ4n) is 3.65. The molecule has 2 bridgehead atoms. The standard InChI is InChI=1S/C11H15NO/c1-11(12-13)5-7-2-8-4-9(6-11)10(8)3-7/h6-8,10H,2-5H2,1H3. The van der Waals surface area contributed by atoms with Gasteiger partial charge in [0.2, 0.25) is 0 Å². The molecular weight excluding hydrogens is 162 g/mol. The molecule has 0 aromatic carbocycles. The highest BCUT2D eigenvalue weighted by Crippen LogP contribution is 2.57. The van der Waals surface area contributed by atoms with Crippen LogP contribution in [-0.2, 0) is 0 Å². The minimum Gasteiger partial charge on any atom is -0.150 e. The van der Waals surface area contributed by atoms with Crippen LogP contribution in [0.5, 0.6) is 0 Å². The molecule has 0 N–H and O–H groups in total. The van der Waals surface area contributed by atoms with E-state index in [1.807, 2.05) is 6.92 Å². The van der Waals surface area contributed by atoms with Crippen LogP contribution >= 0.6 is 0 Å². The summed E-state index contributed by atoms with van der Waals surface area (Å²) in [6.45, 7) is 1.99. The zero-order valence-electron chi connectivity index (χ0n) is 7.99. The van der Waals surface area contributed by atoms with Gasteiger partial charge in [-0.1, -0.05) is 16.8 Å². The predicted octanol–water partition coefficient (Wildman–Crippen LogP) is 2.89. The molecule has 0 aromatic heterocycles. The Labute approximate surface area is 78.4 Å². The van der Waals surface area contributed by atoms with E-state index in [1.165, 1.54) is 24.8 Å². The van der Waals surface area contributed by atoms with Gasteiger partial charge in [0.1, 0.15) is 5.54 Å². The Hall–Kier alpha value is -0.660. The monoisotopic (exact) mass is 177 g/mol. The Kier molecular flexibility index (Phi) is 1.32. The largest absolute Gasteiger partial charge is 0.150 e. The number of allylic oxidation sites excluding steroid dienone is 1. The van der Waals surface area contributed by atoms with Gasteiger partial charge in [-0.3, -0.25) is 0 Å². The number of hydrogen-bond acceptors (Lipinski definition) is 2. The normalized spacial score (nSPS) is 52.1. The highest BCUT2D eigenvalue weighted by molar-refractivity contribution is 5.29. The molecular formula is C11H15NO. The molecule has 4 unspecified atom stereocenters. The van der Waals surface area contributed by atoms with Gasteiger partial charge in [0, 0.05) is 0 Å². The number of rotatable bonds is 1. The molecule has 2 heteroatoms. The van der Waals surface area contributed by atoms with E-state index in [0.717, 1.165) is 24.2 Å². The molecule has 13 heavy (non-hydrogen) atoms. The molecule has 0 saturated heterocycles. The fraction of sp³-hybridized carbons (Fsp3) is 0.818. The van der Waals surface area contributed by atoms with Crippen molar-refractivity contribution in [3.05, 3.63) is 16.6 Å². The number of fused-ring (bicyclic) bond motifs is 1. The second kappa shape index (κ2) is 2.23. The lowest BCUT2D eigenvalue weighted by molar-refractivity contribution is 0.309. The molecule has 0 heterocycles. The van der Waals surface area contributed by atoms with Crippen molar-refractivity contribution in [2.24, 2.45) is 22.9 Å². The predicted molar refractivity (Wildman–Crippen MR) is 51.2 cm³/mol. The van der Waals surface area contributed by atoms with Gasteiger partial charge in [-0.2, -0.15) is 0 Å². The van der Waals surface area contributed by atoms with Crippen LogP contribution in [0.3, 0.4) is 0 Å². The first-order valence-electron chi connectivity index (χ1n) is 5.26. The lowest BCUT2D eigenvalue weighted by atomic mass is 9.69. The molecule has 2 nitrogen and oxygen atoms in total. The molecule has 3 aliphatic rings. The number of nitrogens with zero attached hydrogens (tertiary/aromatic N) is 1. The molecule has 2 saturated carbocycles. The quantitative estimate of drug-likeness (QED) is 0.447. The molecule has 0 spiro atoms. The van der Waals surface area contributed by atoms with Crippen LogP contribution < -0.4 is 0 Å². The van der Waals surface area contributed by atoms with Crippen LogP contribution in [0.2, 0.25) is 0 Å². The summed E-state index contributed by atoms with van der Waals surface area (Å²) >= 11 is 0. The minimum absolute atomic E-state index is 0.375. The van der Waals surface area contributed by atoms with E-state index < -0.39 is 0 Å². The summed E-state index contributed by atoms with van der Waals surface area (Å²) in [7, 11) is 0. The Morgan fingerprint density at radius 2 is 2.38 bits per heavy atom. The van der Waals surface area contributed by atoms with Crippen molar-refractivity contribution in [2.75, 3.05) is 0 Å². The zero-order valence-corrected chi connectivity index (χ0v) is 7.99. The fourth-order valence-corrected chi connectivity index (χ4v) is 3.65. The molecule has 3 rings (SSSR count). The van der Waals surface area contributed by atoms with Crippen LogP contribution in [-0.4, -0.2) is 5.54 Å². The second-order valence-electron chi connectivity index (χ2n) is 5.28. The van der Waals surface area contributed by atoms with Crippen LogP contribution in [0.15, 0.2) is 16.8 Å². The average molecular weight is 177 g/mol. The van der Waals surface area contributed by atoms with E-state index in [0.29, 0.717) is 0 Å². The van der Waals surface area contributed by atoms with Gasteiger partial charge < -0.3 is 0 Å². The van der Waals surface area contributed by atoms with Crippen molar-refractivity contribution in [3.63, 3.8) is 0 Å². The van der Waals surface area contributed by atoms with Gasteiger partial charge in [0.05, 0.1) is 0 Å². The molecule has 3 aliphatic carbocycles. The third kappa shape index (κ3) is 0.946. The van der Waals surface area contributed by atoms with Crippen molar-refractivity contribution in [1.29, 1.82) is 0 Å². The van der Waals surface area contributed by atoms with Gasteiger partial charge in [0.15, 0.2) is 0 Å². The van der Waals surface area contributed by atoms with Crippen LogP contribution in [0, 0.1) is 22.7 Å². The Bertz CT molecular complexity index is 296. The summed E-state index contributed by atoms with van der Waals surface area (Å²) < 4.78 is 0. The van der Waals surface area contributed by atoms with E-state index in [-0.39, 0.29) is 5.54 Å². The summed E-state index contributed by atoms with van der Waals surface area (Å²) in [6, 6.07) is 0. The Balaban J connectivity index is 2.00. The zero-order chi connectivity index (χ0) is 9.05. The van der Waals surface area contributed by atoms with E-state index in [2.05, 4.69) is 11.3 Å². The van der Waals surface area contributed by atoms with Crippen molar-refractivity contribution < 1.29 is 0 Å². The lowest BCUT2D eigenvalue weighted by Crippen LogP contribution is -2.29. The van der Waals surface area contributed by atoms with E-state index >= 15 is 0 Å². The van der Waals surface area contributed by atoms with Gasteiger partial charge in [-0.15, -0.1) is 4.91 Å². The summed E-state index contributed by atoms with van der Waals surface area (Å²) in [4.78, 5) is 10.8. The SMILES string of the molecule is CC1(N=O)C=C2CC3CC(CC23)C1. The Morgan fingerprint density at radius 1 is 1.54 bits per heavy atom. The first-order chi connectivity index (χ1) is 6.20. The second-order valence-corrected chi connectivity index (χ2v) is 5.28. The van der Waals surface area contributed by atoms with Gasteiger partial charge in [-0.25, -0.2) is 0 Å². The van der Waals surface area contributed by atoms with Crippen LogP contribution in [0.25, 0.3) is 0 Å². The molecule has 2 fully saturated rings. The minimum atomic E-state index is -0.375. The summed E-state index contributed by atoms with van der Waals surface area (Å²) in [6.07, 6.45) is 7.11. The smallest absolute Gasteiger partial charge is 0.118 e. The first-order valence-corrected chi connectivity index (χ1v) is 5.26. The molecule has 0 radical (unpaired) electrons. The highest BCUT2D eigenvalue weighted by Gasteiger charge is 2.49. The van der Waals surface area contributed by atoms with Crippen molar-refractivity contribution >= 4 is 0 Å². The molecule has 0 aromatic rings. The maximum absolute atomic E-state index is 10.8. The third-order valence-electron chi connectivity index (χ3n) is 4.17. The van der Waals surface area contributed by atoms with Crippen molar-refractivity contribution in [3.8, 4) is 0 Å². The summed E-state index contributed by atoms with van der Waals surface area (Å²) in [5.74, 6) is 2.58. The van der Waals surface area contributed by atoms with E-state index in [9.17, 15) is 4.91 Å². The highest BCUT2D eigenvalue weighted by atomic mass is 16.3. The van der Waals surface area contributed by atoms with E-state index in [1.54, 1.807) is 0 Å². The van der Waals surface area contributed by atoms with E-state index in [4.69, 9.17) is 0 Å². The first kappa shape index (κ1) is 7.72. The van der Waals surface area contributed by atoms with Gasteiger partial charge >= 0.3 is 0 Å². The third-order valence-corrected chi connectivity index (χ3v) is 4.17. The summed E-state index contributed by atoms with van der Waals surface area (Å²) in [5, 5.41) is 3.31. The average Bonchev–Trinajstić information content (AvgIpc) is 2.32. The number of hydrogen-bond donors (Lipinski definition) is 0. The molecule has 70 valence electrons. The van der Waals surface area contributed by atoms with Crippen LogP contribution in [0.1, 0.15) is 32.6 Å². The summed E-state index contributed by atoms with van der Waals surface area (Å²) in [5.41, 5.74) is 1.16. The van der Waals surface area contributed by atoms with Crippen molar-refractivity contribution in [1.82, 2.24) is 0 Å². The topological polar surface area (TPSA) is 29.4 Å². The molecule has 4 atom stereocenters. The van der Waals surface area contributed by atoms with Crippen LogP contribution in [0.4, 0.5) is 0 Å². The van der Waals surface area contributed by atoms with Crippen molar-refractivity contribution in [2.45, 2.75) is 38.1 Å². The molecule has 0 amide bonds. The molecule has 0 aliphatic heterocycles. The maximum atomic E-state index is 10.8. The number of nitroso groups, excluding NO2 is 1. The van der Waals surface area contributed by atoms with Gasteiger partial charge in [0.25, 0.3) is 0 Å². The lowest BCUT2D eigenvalue weighted by Gasteiger charge is -2.36. The Morgan fingerprint density at radius 3 is 3.15 bits per heavy atom. The van der Waals surface area contributed by atoms with Gasteiger partial charge in [-0.05, 0) is 50.4 Å².